The number of benzene rings is 2. The molecule has 5 amide bonds. The monoisotopic (exact) mass is 480 g/mol. The maximum atomic E-state index is 12.9. The van der Waals surface area contributed by atoms with Gasteiger partial charge < -0.3 is 15.5 Å². The summed E-state index contributed by atoms with van der Waals surface area (Å²) in [5.74, 6) is -1.38. The van der Waals surface area contributed by atoms with Crippen LogP contribution in [0, 0.1) is 6.92 Å². The fourth-order valence-corrected chi connectivity index (χ4v) is 4.52. The normalized spacial score (nSPS) is 17.3. The molecule has 2 aliphatic heterocycles. The summed E-state index contributed by atoms with van der Waals surface area (Å²) in [6.45, 7) is 2.24. The van der Waals surface area contributed by atoms with E-state index in [-0.39, 0.29) is 48.1 Å². The molecule has 0 bridgehead atoms. The molecule has 10 heteroatoms. The number of carbonyl (C=O) groups is 5. The highest BCUT2D eigenvalue weighted by Crippen LogP contribution is 2.29. The maximum absolute atomic E-state index is 12.9. The Kier molecular flexibility index (Phi) is 6.97. The molecule has 34 heavy (non-hydrogen) atoms. The molecule has 0 spiro atoms. The van der Waals surface area contributed by atoms with Gasteiger partial charge in [-0.3, -0.25) is 29.3 Å². The van der Waals surface area contributed by atoms with Crippen LogP contribution in [0.25, 0.3) is 0 Å². The lowest BCUT2D eigenvalue weighted by atomic mass is 10.0. The summed E-state index contributed by atoms with van der Waals surface area (Å²) in [6, 6.07) is 11.8. The Hall–Kier alpha value is -3.66. The molecule has 1 atom stereocenters. The van der Waals surface area contributed by atoms with Crippen LogP contribution in [0.5, 0.6) is 0 Å². The third kappa shape index (κ3) is 5.45. The number of carbonyl (C=O) groups excluding carboxylic acids is 5. The largest absolute Gasteiger partial charge is 0.325 e. The van der Waals surface area contributed by atoms with Gasteiger partial charge in [0.1, 0.15) is 6.04 Å². The quantitative estimate of drug-likeness (QED) is 0.521. The van der Waals surface area contributed by atoms with Crippen LogP contribution in [-0.4, -0.2) is 52.0 Å². The first-order valence-electron chi connectivity index (χ1n) is 10.8. The van der Waals surface area contributed by atoms with Crippen LogP contribution in [0.1, 0.15) is 34.3 Å². The molecule has 0 radical (unpaired) electrons. The molecule has 1 saturated heterocycles. The summed E-state index contributed by atoms with van der Waals surface area (Å²) in [4.78, 5) is 62.2. The fraction of sp³-hybridized carbons (Fsp3) is 0.292. The van der Waals surface area contributed by atoms with Crippen molar-refractivity contribution in [2.75, 3.05) is 22.1 Å². The lowest BCUT2D eigenvalue weighted by Gasteiger charge is -2.29. The lowest BCUT2D eigenvalue weighted by Crippen LogP contribution is -2.52. The second kappa shape index (κ2) is 10.1. The van der Waals surface area contributed by atoms with Gasteiger partial charge in [0.2, 0.25) is 23.6 Å². The highest BCUT2D eigenvalue weighted by molar-refractivity contribution is 8.00. The van der Waals surface area contributed by atoms with Crippen molar-refractivity contribution in [3.8, 4) is 0 Å². The van der Waals surface area contributed by atoms with Crippen molar-refractivity contribution in [1.29, 1.82) is 0 Å². The van der Waals surface area contributed by atoms with E-state index in [9.17, 15) is 24.0 Å². The molecule has 176 valence electrons. The number of hydrogen-bond donors (Lipinski definition) is 3. The summed E-state index contributed by atoms with van der Waals surface area (Å²) < 4.78 is 0. The van der Waals surface area contributed by atoms with Gasteiger partial charge >= 0.3 is 0 Å². The van der Waals surface area contributed by atoms with Crippen LogP contribution in [0.3, 0.4) is 0 Å². The topological polar surface area (TPSA) is 125 Å². The molecule has 3 N–H and O–H groups in total. The zero-order valence-electron chi connectivity index (χ0n) is 18.6. The standard InChI is InChI=1S/C24H24N4O5S/c1-14-2-5-16(6-3-14)25-21(30)12-34-13-22(31)26-17-7-4-15-11-28(24(33)18(15)10-17)19-8-9-20(29)27-23(19)32/h2-7,10,19H,8-9,11-13H2,1H3,(H,25,30)(H,26,31)(H,27,29,32). The number of thioether (sulfide) groups is 1. The second-order valence-corrected chi connectivity index (χ2v) is 9.21. The van der Waals surface area contributed by atoms with Gasteiger partial charge in [0, 0.05) is 29.9 Å². The minimum absolute atomic E-state index is 0.0781. The average Bonchev–Trinajstić information content (AvgIpc) is 3.11. The Labute approximate surface area is 200 Å². The number of amides is 5. The van der Waals surface area contributed by atoms with Gasteiger partial charge in [-0.15, -0.1) is 11.8 Å². The van der Waals surface area contributed by atoms with Gasteiger partial charge in [0.15, 0.2) is 0 Å². The summed E-state index contributed by atoms with van der Waals surface area (Å²) in [5.41, 5.74) is 3.45. The van der Waals surface area contributed by atoms with Crippen LogP contribution < -0.4 is 16.0 Å². The molecule has 2 aromatic rings. The van der Waals surface area contributed by atoms with Gasteiger partial charge in [-0.2, -0.15) is 0 Å². The maximum Gasteiger partial charge on any atom is 0.255 e. The highest BCUT2D eigenvalue weighted by Gasteiger charge is 2.39. The first kappa shape index (κ1) is 23.5. The van der Waals surface area contributed by atoms with Crippen LogP contribution in [0.2, 0.25) is 0 Å². The Balaban J connectivity index is 1.27. The molecule has 0 aliphatic carbocycles. The van der Waals surface area contributed by atoms with Crippen molar-refractivity contribution in [1.82, 2.24) is 10.2 Å². The average molecular weight is 481 g/mol. The zero-order valence-corrected chi connectivity index (χ0v) is 19.4. The summed E-state index contributed by atoms with van der Waals surface area (Å²) in [5, 5.41) is 7.80. The van der Waals surface area contributed by atoms with E-state index in [2.05, 4.69) is 16.0 Å². The van der Waals surface area contributed by atoms with Crippen molar-refractivity contribution in [3.05, 3.63) is 59.2 Å². The summed E-state index contributed by atoms with van der Waals surface area (Å²) >= 11 is 1.19. The number of aryl methyl sites for hydroxylation is 1. The zero-order chi connectivity index (χ0) is 24.2. The van der Waals surface area contributed by atoms with Gasteiger partial charge in [0.05, 0.1) is 11.5 Å². The van der Waals surface area contributed by atoms with Crippen molar-refractivity contribution in [2.24, 2.45) is 0 Å². The number of anilines is 2. The molecule has 0 saturated carbocycles. The van der Waals surface area contributed by atoms with Gasteiger partial charge in [0.25, 0.3) is 5.91 Å². The predicted octanol–water partition coefficient (Wildman–Crippen LogP) is 2.07. The minimum Gasteiger partial charge on any atom is -0.325 e. The van der Waals surface area contributed by atoms with Crippen LogP contribution in [-0.2, 0) is 25.7 Å². The fourth-order valence-electron chi connectivity index (χ4n) is 3.90. The Morgan fingerprint density at radius 1 is 1.00 bits per heavy atom. The number of rotatable bonds is 7. The third-order valence-corrected chi connectivity index (χ3v) is 6.55. The molecule has 4 rings (SSSR count). The van der Waals surface area contributed by atoms with E-state index in [1.165, 1.54) is 16.7 Å². The van der Waals surface area contributed by atoms with E-state index in [4.69, 9.17) is 0 Å². The molecule has 2 aliphatic rings. The van der Waals surface area contributed by atoms with E-state index >= 15 is 0 Å². The minimum atomic E-state index is -0.682. The van der Waals surface area contributed by atoms with Crippen molar-refractivity contribution in [3.63, 3.8) is 0 Å². The number of nitrogens with one attached hydrogen (secondary N) is 3. The molecular formula is C24H24N4O5S. The Morgan fingerprint density at radius 2 is 1.65 bits per heavy atom. The Bertz CT molecular complexity index is 1160. The third-order valence-electron chi connectivity index (χ3n) is 5.61. The summed E-state index contributed by atoms with van der Waals surface area (Å²) in [6.07, 6.45) is 0.487. The predicted molar refractivity (Wildman–Crippen MR) is 128 cm³/mol. The van der Waals surface area contributed by atoms with Gasteiger partial charge in [-0.25, -0.2) is 0 Å². The smallest absolute Gasteiger partial charge is 0.255 e. The van der Waals surface area contributed by atoms with E-state index in [0.717, 1.165) is 11.1 Å². The molecule has 1 unspecified atom stereocenters. The summed E-state index contributed by atoms with van der Waals surface area (Å²) in [7, 11) is 0. The van der Waals surface area contributed by atoms with E-state index in [1.807, 2.05) is 31.2 Å². The number of nitrogens with zero attached hydrogens (tertiary/aromatic N) is 1. The molecule has 9 nitrogen and oxygen atoms in total. The Morgan fingerprint density at radius 3 is 2.32 bits per heavy atom. The molecule has 1 fully saturated rings. The molecule has 0 aromatic heterocycles. The first-order valence-corrected chi connectivity index (χ1v) is 12.0. The van der Waals surface area contributed by atoms with Gasteiger partial charge in [-0.1, -0.05) is 23.8 Å². The SMILES string of the molecule is Cc1ccc(NC(=O)CSCC(=O)Nc2ccc3c(c2)C(=O)N(C2CCC(=O)NC2=O)C3)cc1. The van der Waals surface area contributed by atoms with E-state index in [1.54, 1.807) is 18.2 Å². The first-order chi connectivity index (χ1) is 16.3. The molecule has 2 heterocycles. The lowest BCUT2D eigenvalue weighted by molar-refractivity contribution is -0.137. The van der Waals surface area contributed by atoms with E-state index in [0.29, 0.717) is 23.4 Å². The second-order valence-electron chi connectivity index (χ2n) is 8.23. The van der Waals surface area contributed by atoms with Crippen molar-refractivity contribution in [2.45, 2.75) is 32.4 Å². The van der Waals surface area contributed by atoms with Crippen molar-refractivity contribution < 1.29 is 24.0 Å². The van der Waals surface area contributed by atoms with Crippen LogP contribution >= 0.6 is 11.8 Å². The molecule has 2 aromatic carbocycles. The van der Waals surface area contributed by atoms with Crippen LogP contribution in [0.4, 0.5) is 11.4 Å². The number of piperidine rings is 1. The molecular weight excluding hydrogens is 456 g/mol. The van der Waals surface area contributed by atoms with Crippen LogP contribution in [0.15, 0.2) is 42.5 Å². The number of hydrogen-bond acceptors (Lipinski definition) is 6. The highest BCUT2D eigenvalue weighted by atomic mass is 32.2. The number of imide groups is 1. The van der Waals surface area contributed by atoms with E-state index < -0.39 is 11.9 Å². The number of fused-ring (bicyclic) bond motifs is 1. The van der Waals surface area contributed by atoms with Gasteiger partial charge in [-0.05, 0) is 43.2 Å². The van der Waals surface area contributed by atoms with Crippen molar-refractivity contribution >= 4 is 52.7 Å².